The largest absolute Gasteiger partial charge is 0.495 e. The Bertz CT molecular complexity index is 882. The highest BCUT2D eigenvalue weighted by Gasteiger charge is 2.25. The van der Waals surface area contributed by atoms with Crippen LogP contribution in [0.1, 0.15) is 30.1 Å². The standard InChI is InChI=1S/C21H23N3O4/c1-14(22-21(27)15-7-4-3-5-8-15)20(26)23-16-10-11-18(28-2)17(13-16)24-12-6-9-19(24)25/h3-5,7-8,10-11,13-14H,6,9,12H2,1-2H3,(H,22,27)(H,23,26). The summed E-state index contributed by atoms with van der Waals surface area (Å²) in [5.41, 5.74) is 1.64. The van der Waals surface area contributed by atoms with Gasteiger partial charge in [-0.1, -0.05) is 18.2 Å². The van der Waals surface area contributed by atoms with Crippen LogP contribution in [0, 0.1) is 0 Å². The summed E-state index contributed by atoms with van der Waals surface area (Å²) >= 11 is 0. The van der Waals surface area contributed by atoms with Gasteiger partial charge >= 0.3 is 0 Å². The molecule has 0 aliphatic carbocycles. The smallest absolute Gasteiger partial charge is 0.251 e. The molecule has 0 bridgehead atoms. The van der Waals surface area contributed by atoms with Crippen LogP contribution in [-0.2, 0) is 9.59 Å². The van der Waals surface area contributed by atoms with Gasteiger partial charge in [-0.05, 0) is 43.7 Å². The van der Waals surface area contributed by atoms with E-state index in [2.05, 4.69) is 10.6 Å². The van der Waals surface area contributed by atoms with Crippen LogP contribution in [0.15, 0.2) is 48.5 Å². The van der Waals surface area contributed by atoms with Crippen molar-refractivity contribution in [2.45, 2.75) is 25.8 Å². The van der Waals surface area contributed by atoms with Crippen LogP contribution in [0.4, 0.5) is 11.4 Å². The Morgan fingerprint density at radius 1 is 1.14 bits per heavy atom. The number of carbonyl (C=O) groups is 3. The summed E-state index contributed by atoms with van der Waals surface area (Å²) in [6, 6.07) is 13.1. The summed E-state index contributed by atoms with van der Waals surface area (Å²) in [5, 5.41) is 5.46. The average Bonchev–Trinajstić information content (AvgIpc) is 3.14. The molecular weight excluding hydrogens is 358 g/mol. The van der Waals surface area contributed by atoms with E-state index >= 15 is 0 Å². The van der Waals surface area contributed by atoms with Gasteiger partial charge in [0, 0.05) is 24.2 Å². The fourth-order valence-electron chi connectivity index (χ4n) is 3.07. The minimum Gasteiger partial charge on any atom is -0.495 e. The molecule has 7 nitrogen and oxygen atoms in total. The number of nitrogens with zero attached hydrogens (tertiary/aromatic N) is 1. The van der Waals surface area contributed by atoms with Gasteiger partial charge in [0.2, 0.25) is 11.8 Å². The van der Waals surface area contributed by atoms with Gasteiger partial charge in [0.1, 0.15) is 11.8 Å². The minimum atomic E-state index is -0.730. The highest BCUT2D eigenvalue weighted by atomic mass is 16.5. The Kier molecular flexibility index (Phi) is 5.93. The Hall–Kier alpha value is -3.35. The highest BCUT2D eigenvalue weighted by Crippen LogP contribution is 2.34. The summed E-state index contributed by atoms with van der Waals surface area (Å²) in [5.74, 6) is -0.0709. The molecule has 0 spiro atoms. The number of amides is 3. The van der Waals surface area contributed by atoms with E-state index < -0.39 is 6.04 Å². The minimum absolute atomic E-state index is 0.0327. The summed E-state index contributed by atoms with van der Waals surface area (Å²) in [6.07, 6.45) is 1.30. The molecule has 1 aliphatic rings. The van der Waals surface area contributed by atoms with Gasteiger partial charge in [-0.2, -0.15) is 0 Å². The lowest BCUT2D eigenvalue weighted by molar-refractivity contribution is -0.118. The van der Waals surface area contributed by atoms with Crippen molar-refractivity contribution in [3.63, 3.8) is 0 Å². The molecule has 0 aromatic heterocycles. The zero-order chi connectivity index (χ0) is 20.1. The van der Waals surface area contributed by atoms with E-state index in [1.807, 2.05) is 6.07 Å². The number of nitrogens with one attached hydrogen (secondary N) is 2. The highest BCUT2D eigenvalue weighted by molar-refractivity contribution is 6.02. The van der Waals surface area contributed by atoms with Crippen molar-refractivity contribution in [1.82, 2.24) is 5.32 Å². The summed E-state index contributed by atoms with van der Waals surface area (Å²) in [4.78, 5) is 38.4. The molecule has 0 saturated carbocycles. The van der Waals surface area contributed by atoms with Gasteiger partial charge in [-0.3, -0.25) is 14.4 Å². The number of hydrogen-bond acceptors (Lipinski definition) is 4. The number of benzene rings is 2. The first-order valence-electron chi connectivity index (χ1n) is 9.15. The van der Waals surface area contributed by atoms with Crippen molar-refractivity contribution in [3.05, 3.63) is 54.1 Å². The lowest BCUT2D eigenvalue weighted by atomic mass is 10.2. The number of ether oxygens (including phenoxy) is 1. The van der Waals surface area contributed by atoms with Gasteiger partial charge in [0.05, 0.1) is 12.8 Å². The van der Waals surface area contributed by atoms with E-state index in [-0.39, 0.29) is 17.7 Å². The summed E-state index contributed by atoms with van der Waals surface area (Å²) < 4.78 is 5.35. The molecule has 2 aromatic carbocycles. The maximum atomic E-state index is 12.5. The topological polar surface area (TPSA) is 87.7 Å². The van der Waals surface area contributed by atoms with Crippen LogP contribution < -0.4 is 20.3 Å². The quantitative estimate of drug-likeness (QED) is 0.805. The third-order valence-electron chi connectivity index (χ3n) is 4.59. The Labute approximate surface area is 163 Å². The van der Waals surface area contributed by atoms with E-state index in [0.29, 0.717) is 35.7 Å². The molecule has 7 heteroatoms. The number of hydrogen-bond donors (Lipinski definition) is 2. The van der Waals surface area contributed by atoms with Crippen LogP contribution in [0.3, 0.4) is 0 Å². The van der Waals surface area contributed by atoms with Crippen LogP contribution in [0.2, 0.25) is 0 Å². The van der Waals surface area contributed by atoms with E-state index in [0.717, 1.165) is 6.42 Å². The van der Waals surface area contributed by atoms with Crippen LogP contribution in [-0.4, -0.2) is 37.4 Å². The Morgan fingerprint density at radius 3 is 2.54 bits per heavy atom. The molecule has 3 amide bonds. The third-order valence-corrected chi connectivity index (χ3v) is 4.59. The number of anilines is 2. The van der Waals surface area contributed by atoms with Gasteiger partial charge in [-0.25, -0.2) is 0 Å². The zero-order valence-corrected chi connectivity index (χ0v) is 15.9. The Morgan fingerprint density at radius 2 is 1.89 bits per heavy atom. The molecule has 1 unspecified atom stereocenters. The molecule has 1 saturated heterocycles. The molecule has 1 heterocycles. The first-order valence-corrected chi connectivity index (χ1v) is 9.15. The van der Waals surface area contributed by atoms with E-state index in [1.165, 1.54) is 0 Å². The molecule has 2 N–H and O–H groups in total. The first-order chi connectivity index (χ1) is 13.5. The van der Waals surface area contributed by atoms with Crippen LogP contribution in [0.5, 0.6) is 5.75 Å². The monoisotopic (exact) mass is 381 g/mol. The fraction of sp³-hybridized carbons (Fsp3) is 0.286. The lowest BCUT2D eigenvalue weighted by Gasteiger charge is -2.20. The summed E-state index contributed by atoms with van der Waals surface area (Å²) in [7, 11) is 1.54. The maximum Gasteiger partial charge on any atom is 0.251 e. The van der Waals surface area contributed by atoms with Crippen LogP contribution >= 0.6 is 0 Å². The van der Waals surface area contributed by atoms with Gasteiger partial charge < -0.3 is 20.3 Å². The molecule has 1 atom stereocenters. The normalized spacial score (nSPS) is 14.5. The molecule has 2 aromatic rings. The maximum absolute atomic E-state index is 12.5. The second-order valence-electron chi connectivity index (χ2n) is 6.59. The van der Waals surface area contributed by atoms with Gasteiger partial charge in [0.25, 0.3) is 5.91 Å². The van der Waals surface area contributed by atoms with Crippen molar-refractivity contribution >= 4 is 29.1 Å². The van der Waals surface area contributed by atoms with Crippen molar-refractivity contribution in [2.75, 3.05) is 23.9 Å². The number of carbonyl (C=O) groups excluding carboxylic acids is 3. The van der Waals surface area contributed by atoms with Crippen LogP contribution in [0.25, 0.3) is 0 Å². The molecule has 3 rings (SSSR count). The predicted molar refractivity (Wildman–Crippen MR) is 107 cm³/mol. The first kappa shape index (κ1) is 19.4. The fourth-order valence-corrected chi connectivity index (χ4v) is 3.07. The predicted octanol–water partition coefficient (Wildman–Crippen LogP) is 2.58. The average molecular weight is 381 g/mol. The number of methoxy groups -OCH3 is 1. The number of rotatable bonds is 6. The van der Waals surface area contributed by atoms with Crippen molar-refractivity contribution < 1.29 is 19.1 Å². The lowest BCUT2D eigenvalue weighted by Crippen LogP contribution is -2.41. The Balaban J connectivity index is 1.69. The van der Waals surface area contributed by atoms with E-state index in [1.54, 1.807) is 61.4 Å². The van der Waals surface area contributed by atoms with E-state index in [9.17, 15) is 14.4 Å². The van der Waals surface area contributed by atoms with Crippen molar-refractivity contribution in [2.24, 2.45) is 0 Å². The SMILES string of the molecule is COc1ccc(NC(=O)C(C)NC(=O)c2ccccc2)cc1N1CCCC1=O. The molecule has 1 fully saturated rings. The zero-order valence-electron chi connectivity index (χ0n) is 15.9. The molecular formula is C21H23N3O4. The van der Waals surface area contributed by atoms with Crippen molar-refractivity contribution in [1.29, 1.82) is 0 Å². The molecule has 0 radical (unpaired) electrons. The molecule has 1 aliphatic heterocycles. The van der Waals surface area contributed by atoms with E-state index in [4.69, 9.17) is 4.74 Å². The molecule has 28 heavy (non-hydrogen) atoms. The second kappa shape index (κ2) is 8.56. The molecule has 146 valence electrons. The van der Waals surface area contributed by atoms with Gasteiger partial charge in [0.15, 0.2) is 0 Å². The van der Waals surface area contributed by atoms with Gasteiger partial charge in [-0.15, -0.1) is 0 Å². The second-order valence-corrected chi connectivity index (χ2v) is 6.59. The van der Waals surface area contributed by atoms with Crippen molar-refractivity contribution in [3.8, 4) is 5.75 Å². The summed E-state index contributed by atoms with van der Waals surface area (Å²) in [6.45, 7) is 2.24. The third kappa shape index (κ3) is 4.31.